The Balaban J connectivity index is 2.27. The van der Waals surface area contributed by atoms with E-state index in [0.29, 0.717) is 6.61 Å². The zero-order chi connectivity index (χ0) is 14.8. The molecule has 1 aromatic carbocycles. The van der Waals surface area contributed by atoms with Crippen molar-refractivity contribution in [2.45, 2.75) is 27.2 Å². The average Bonchev–Trinajstić information content (AvgIpc) is 2.46. The molecular formula is C16H29N3O. The van der Waals surface area contributed by atoms with Crippen LogP contribution in [0, 0.1) is 0 Å². The lowest BCUT2D eigenvalue weighted by atomic mass is 10.1. The first kappa shape index (κ1) is 16.8. The molecule has 0 bridgehead atoms. The summed E-state index contributed by atoms with van der Waals surface area (Å²) in [6, 6.07) is 6.06. The monoisotopic (exact) mass is 279 g/mol. The summed E-state index contributed by atoms with van der Waals surface area (Å²) < 4.78 is 5.44. The van der Waals surface area contributed by atoms with Gasteiger partial charge in [-0.25, -0.2) is 0 Å². The van der Waals surface area contributed by atoms with E-state index in [2.05, 4.69) is 30.1 Å². The van der Waals surface area contributed by atoms with Gasteiger partial charge in [-0.1, -0.05) is 19.9 Å². The molecule has 4 nitrogen and oxygen atoms in total. The lowest BCUT2D eigenvalue weighted by molar-refractivity contribution is 0.303. The molecule has 0 fully saturated rings. The maximum atomic E-state index is 5.96. The highest BCUT2D eigenvalue weighted by molar-refractivity contribution is 5.54. The Morgan fingerprint density at radius 1 is 1.15 bits per heavy atom. The van der Waals surface area contributed by atoms with Gasteiger partial charge < -0.3 is 20.7 Å². The van der Waals surface area contributed by atoms with Gasteiger partial charge in [0.05, 0.1) is 12.3 Å². The van der Waals surface area contributed by atoms with Gasteiger partial charge in [-0.05, 0) is 50.7 Å². The highest BCUT2D eigenvalue weighted by Gasteiger charge is 2.02. The van der Waals surface area contributed by atoms with Crippen molar-refractivity contribution < 1.29 is 4.74 Å². The van der Waals surface area contributed by atoms with Crippen LogP contribution in [-0.2, 0) is 6.42 Å². The van der Waals surface area contributed by atoms with Crippen LogP contribution in [0.5, 0.6) is 5.75 Å². The van der Waals surface area contributed by atoms with Crippen LogP contribution in [0.4, 0.5) is 5.69 Å². The van der Waals surface area contributed by atoms with Gasteiger partial charge in [-0.15, -0.1) is 0 Å². The molecule has 0 atom stereocenters. The first-order valence-electron chi connectivity index (χ1n) is 7.65. The van der Waals surface area contributed by atoms with E-state index in [-0.39, 0.29) is 0 Å². The number of likely N-dealkylation sites (N-methyl/N-ethyl adjacent to an activating group) is 1. The SMILES string of the molecule is CCOc1ccc(CCNCCN(CC)CC)cc1N. The molecule has 0 aliphatic heterocycles. The topological polar surface area (TPSA) is 50.5 Å². The second-order valence-electron chi connectivity index (χ2n) is 4.83. The first-order valence-corrected chi connectivity index (χ1v) is 7.65. The van der Waals surface area contributed by atoms with Gasteiger partial charge in [-0.2, -0.15) is 0 Å². The first-order chi connectivity index (χ1) is 9.71. The molecule has 0 heterocycles. The second kappa shape index (κ2) is 9.61. The predicted octanol–water partition coefficient (Wildman–Crippen LogP) is 2.14. The fraction of sp³-hybridized carbons (Fsp3) is 0.625. The summed E-state index contributed by atoms with van der Waals surface area (Å²) >= 11 is 0. The van der Waals surface area contributed by atoms with Crippen LogP contribution in [0.1, 0.15) is 26.3 Å². The maximum Gasteiger partial charge on any atom is 0.142 e. The molecule has 0 radical (unpaired) electrons. The third-order valence-corrected chi connectivity index (χ3v) is 3.46. The van der Waals surface area contributed by atoms with Crippen molar-refractivity contribution in [2.24, 2.45) is 0 Å². The third-order valence-electron chi connectivity index (χ3n) is 3.46. The molecule has 4 heteroatoms. The lowest BCUT2D eigenvalue weighted by Gasteiger charge is -2.18. The van der Waals surface area contributed by atoms with Gasteiger partial charge in [0.1, 0.15) is 5.75 Å². The van der Waals surface area contributed by atoms with Gasteiger partial charge in [0, 0.05) is 13.1 Å². The van der Waals surface area contributed by atoms with Gasteiger partial charge in [-0.3, -0.25) is 0 Å². The molecule has 0 spiro atoms. The molecule has 0 aliphatic rings. The summed E-state index contributed by atoms with van der Waals surface area (Å²) in [4.78, 5) is 2.42. The summed E-state index contributed by atoms with van der Waals surface area (Å²) in [7, 11) is 0. The molecule has 0 saturated heterocycles. The quantitative estimate of drug-likeness (QED) is 0.509. The van der Waals surface area contributed by atoms with Crippen LogP contribution in [0.3, 0.4) is 0 Å². The molecule has 114 valence electrons. The van der Waals surface area contributed by atoms with Crippen molar-refractivity contribution >= 4 is 5.69 Å². The van der Waals surface area contributed by atoms with Crippen LogP contribution >= 0.6 is 0 Å². The summed E-state index contributed by atoms with van der Waals surface area (Å²) in [5.41, 5.74) is 7.94. The number of hydrogen-bond acceptors (Lipinski definition) is 4. The molecule has 0 saturated carbocycles. The Morgan fingerprint density at radius 2 is 1.90 bits per heavy atom. The molecule has 1 rings (SSSR count). The van der Waals surface area contributed by atoms with Gasteiger partial charge in [0.15, 0.2) is 0 Å². The van der Waals surface area contributed by atoms with Gasteiger partial charge >= 0.3 is 0 Å². The number of nitrogens with two attached hydrogens (primary N) is 1. The Bertz CT molecular complexity index is 378. The van der Waals surface area contributed by atoms with E-state index in [1.165, 1.54) is 5.56 Å². The fourth-order valence-corrected chi connectivity index (χ4v) is 2.18. The number of nitrogen functional groups attached to an aromatic ring is 1. The fourth-order valence-electron chi connectivity index (χ4n) is 2.18. The molecule has 3 N–H and O–H groups in total. The van der Waals surface area contributed by atoms with Crippen molar-refractivity contribution in [3.8, 4) is 5.75 Å². The van der Waals surface area contributed by atoms with Crippen LogP contribution < -0.4 is 15.8 Å². The number of hydrogen-bond donors (Lipinski definition) is 2. The summed E-state index contributed by atoms with van der Waals surface area (Å²) in [6.45, 7) is 12.4. The Kier molecular flexibility index (Phi) is 8.07. The number of nitrogens with one attached hydrogen (secondary N) is 1. The van der Waals surface area contributed by atoms with E-state index in [9.17, 15) is 0 Å². The van der Waals surface area contributed by atoms with Gasteiger partial charge in [0.2, 0.25) is 0 Å². The van der Waals surface area contributed by atoms with Crippen LogP contribution in [0.15, 0.2) is 18.2 Å². The molecular weight excluding hydrogens is 250 g/mol. The largest absolute Gasteiger partial charge is 0.492 e. The Hall–Kier alpha value is -1.26. The smallest absolute Gasteiger partial charge is 0.142 e. The maximum absolute atomic E-state index is 5.96. The zero-order valence-electron chi connectivity index (χ0n) is 13.1. The van der Waals surface area contributed by atoms with Crippen molar-refractivity contribution in [3.05, 3.63) is 23.8 Å². The summed E-state index contributed by atoms with van der Waals surface area (Å²) in [5, 5.41) is 3.48. The minimum Gasteiger partial charge on any atom is -0.492 e. The molecule has 20 heavy (non-hydrogen) atoms. The predicted molar refractivity (Wildman–Crippen MR) is 86.4 cm³/mol. The van der Waals surface area contributed by atoms with E-state index < -0.39 is 0 Å². The van der Waals surface area contributed by atoms with E-state index in [1.807, 2.05) is 19.1 Å². The van der Waals surface area contributed by atoms with E-state index in [0.717, 1.165) is 50.6 Å². The Labute approximate surface area is 123 Å². The van der Waals surface area contributed by atoms with Crippen molar-refractivity contribution in [2.75, 3.05) is 45.1 Å². The lowest BCUT2D eigenvalue weighted by Crippen LogP contribution is -2.32. The van der Waals surface area contributed by atoms with Crippen molar-refractivity contribution in [3.63, 3.8) is 0 Å². The third kappa shape index (κ3) is 5.80. The molecule has 0 amide bonds. The molecule has 0 aromatic heterocycles. The van der Waals surface area contributed by atoms with Crippen molar-refractivity contribution in [1.82, 2.24) is 10.2 Å². The summed E-state index contributed by atoms with van der Waals surface area (Å²) in [6.07, 6.45) is 0.995. The minimum absolute atomic E-state index is 0.649. The van der Waals surface area contributed by atoms with E-state index in [1.54, 1.807) is 0 Å². The van der Waals surface area contributed by atoms with E-state index in [4.69, 9.17) is 10.5 Å². The van der Waals surface area contributed by atoms with Crippen molar-refractivity contribution in [1.29, 1.82) is 0 Å². The molecule has 0 aliphatic carbocycles. The highest BCUT2D eigenvalue weighted by Crippen LogP contribution is 2.22. The summed E-state index contributed by atoms with van der Waals surface area (Å²) in [5.74, 6) is 0.783. The molecule has 1 aromatic rings. The van der Waals surface area contributed by atoms with Gasteiger partial charge in [0.25, 0.3) is 0 Å². The molecule has 0 unspecified atom stereocenters. The normalized spacial score (nSPS) is 11.0. The average molecular weight is 279 g/mol. The highest BCUT2D eigenvalue weighted by atomic mass is 16.5. The van der Waals surface area contributed by atoms with Crippen LogP contribution in [0.25, 0.3) is 0 Å². The number of benzene rings is 1. The van der Waals surface area contributed by atoms with Crippen LogP contribution in [-0.4, -0.2) is 44.2 Å². The number of ether oxygens (including phenoxy) is 1. The number of rotatable bonds is 10. The van der Waals surface area contributed by atoms with E-state index >= 15 is 0 Å². The standard InChI is InChI=1S/C16H29N3O/c1-4-19(5-2)12-11-18-10-9-14-7-8-16(20-6-3)15(17)13-14/h7-8,13,18H,4-6,9-12,17H2,1-3H3. The number of anilines is 1. The second-order valence-corrected chi connectivity index (χ2v) is 4.83. The van der Waals surface area contributed by atoms with Crippen LogP contribution in [0.2, 0.25) is 0 Å². The Morgan fingerprint density at radius 3 is 2.50 bits per heavy atom. The minimum atomic E-state index is 0.649. The number of nitrogens with zero attached hydrogens (tertiary/aromatic N) is 1. The zero-order valence-corrected chi connectivity index (χ0v) is 13.1.